The molecule has 0 radical (unpaired) electrons. The molecule has 1 saturated heterocycles. The largest absolute Gasteiger partial charge is 0.352 e. The molecule has 1 amide bonds. The Labute approximate surface area is 247 Å². The zero-order valence-corrected chi connectivity index (χ0v) is 23.5. The van der Waals surface area contributed by atoms with Crippen molar-refractivity contribution in [2.24, 2.45) is 5.92 Å². The first-order valence-corrected chi connectivity index (χ1v) is 14.2. The number of hydrogen-bond acceptors (Lipinski definition) is 4. The summed E-state index contributed by atoms with van der Waals surface area (Å²) < 4.78 is 0. The maximum atomic E-state index is 14.9. The lowest BCUT2D eigenvalue weighted by molar-refractivity contribution is -0.121. The molecule has 1 N–H and O–H groups in total. The van der Waals surface area contributed by atoms with Gasteiger partial charge in [0, 0.05) is 28.1 Å². The summed E-state index contributed by atoms with van der Waals surface area (Å²) in [6, 6.07) is 27.1. The number of amides is 1. The van der Waals surface area contributed by atoms with Crippen LogP contribution in [0.5, 0.6) is 0 Å². The van der Waals surface area contributed by atoms with E-state index in [1.165, 1.54) is 0 Å². The van der Waals surface area contributed by atoms with Gasteiger partial charge in [-0.3, -0.25) is 14.4 Å². The third-order valence-corrected chi connectivity index (χ3v) is 9.37. The van der Waals surface area contributed by atoms with Crippen LogP contribution in [0.2, 0.25) is 10.0 Å². The minimum Gasteiger partial charge on any atom is -0.352 e. The number of allylic oxidation sites excluding steroid dienone is 1. The quantitative estimate of drug-likeness (QED) is 0.259. The van der Waals surface area contributed by atoms with E-state index in [-0.39, 0.29) is 33.1 Å². The molecule has 0 aliphatic carbocycles. The van der Waals surface area contributed by atoms with Crippen molar-refractivity contribution in [3.63, 3.8) is 0 Å². The lowest BCUT2D eigenvalue weighted by Crippen LogP contribution is -2.51. The van der Waals surface area contributed by atoms with E-state index in [1.807, 2.05) is 66.4 Å². The second-order valence-electron chi connectivity index (χ2n) is 10.7. The molecule has 4 aromatic rings. The molecule has 0 aromatic heterocycles. The van der Waals surface area contributed by atoms with Gasteiger partial charge in [-0.05, 0) is 54.5 Å². The number of carbonyl (C=O) groups is 3. The van der Waals surface area contributed by atoms with Crippen LogP contribution in [0.4, 0.5) is 11.4 Å². The molecule has 1 fully saturated rings. The number of carbonyl (C=O) groups excluding carboxylic acids is 3. The van der Waals surface area contributed by atoms with Crippen molar-refractivity contribution >= 4 is 57.6 Å². The number of para-hydroxylation sites is 2. The molecular formula is C34H24Cl2N2O3. The van der Waals surface area contributed by atoms with E-state index in [4.69, 9.17) is 23.2 Å². The summed E-state index contributed by atoms with van der Waals surface area (Å²) in [5.41, 5.74) is 3.15. The topological polar surface area (TPSA) is 66.5 Å². The minimum atomic E-state index is -1.41. The summed E-state index contributed by atoms with van der Waals surface area (Å²) in [7, 11) is 0. The highest BCUT2D eigenvalue weighted by Crippen LogP contribution is 2.59. The predicted molar refractivity (Wildman–Crippen MR) is 162 cm³/mol. The second kappa shape index (κ2) is 9.44. The molecule has 1 spiro atoms. The summed E-state index contributed by atoms with van der Waals surface area (Å²) in [6.45, 7) is 2.00. The molecule has 3 aliphatic heterocycles. The van der Waals surface area contributed by atoms with Crippen molar-refractivity contribution in [2.75, 3.05) is 10.2 Å². The van der Waals surface area contributed by atoms with Crippen LogP contribution in [-0.2, 0) is 10.2 Å². The third-order valence-electron chi connectivity index (χ3n) is 8.71. The average Bonchev–Trinajstić information content (AvgIpc) is 3.45. The fourth-order valence-corrected chi connectivity index (χ4v) is 7.49. The SMILES string of the molecule is CC1=C[C@@H]2N(c3ccccc31)[C@H](C(=O)c1ccccc1Cl)[C@H](C(=O)c1ccccc1Cl)[C@]21C(=O)Nc2ccccc21. The van der Waals surface area contributed by atoms with Crippen molar-refractivity contribution in [3.8, 4) is 0 Å². The van der Waals surface area contributed by atoms with E-state index in [1.54, 1.807) is 48.5 Å². The molecular weight excluding hydrogens is 555 g/mol. The Balaban J connectivity index is 1.58. The number of fused-ring (bicyclic) bond motifs is 6. The van der Waals surface area contributed by atoms with Crippen LogP contribution in [0, 0.1) is 5.92 Å². The number of ketones is 2. The van der Waals surface area contributed by atoms with E-state index in [0.29, 0.717) is 16.8 Å². The Bertz CT molecular complexity index is 1820. The van der Waals surface area contributed by atoms with Crippen molar-refractivity contribution < 1.29 is 14.4 Å². The highest BCUT2D eigenvalue weighted by atomic mass is 35.5. The van der Waals surface area contributed by atoms with Crippen molar-refractivity contribution in [3.05, 3.63) is 135 Å². The normalized spacial score (nSPS) is 23.9. The smallest absolute Gasteiger partial charge is 0.238 e. The monoisotopic (exact) mass is 578 g/mol. The van der Waals surface area contributed by atoms with E-state index in [9.17, 15) is 14.4 Å². The molecule has 5 nitrogen and oxygen atoms in total. The molecule has 0 unspecified atom stereocenters. The first-order chi connectivity index (χ1) is 19.9. The Kier molecular flexibility index (Phi) is 5.93. The predicted octanol–water partition coefficient (Wildman–Crippen LogP) is 7.24. The summed E-state index contributed by atoms with van der Waals surface area (Å²) in [4.78, 5) is 46.0. The molecule has 3 aliphatic rings. The lowest BCUT2D eigenvalue weighted by Gasteiger charge is -2.39. The molecule has 4 atom stereocenters. The lowest BCUT2D eigenvalue weighted by atomic mass is 9.64. The van der Waals surface area contributed by atoms with Gasteiger partial charge in [-0.25, -0.2) is 0 Å². The van der Waals surface area contributed by atoms with Crippen LogP contribution in [0.25, 0.3) is 5.57 Å². The molecule has 0 bridgehead atoms. The van der Waals surface area contributed by atoms with Gasteiger partial charge in [-0.2, -0.15) is 0 Å². The van der Waals surface area contributed by atoms with Gasteiger partial charge < -0.3 is 10.2 Å². The Morgan fingerprint density at radius 2 is 1.37 bits per heavy atom. The number of Topliss-reactive ketones (excluding diaryl/α,β-unsaturated/α-hetero) is 2. The first kappa shape index (κ1) is 25.8. The standard InChI is InChI=1S/C34H24Cl2N2O3/c1-19-18-28-34(23-13-5-8-16-26(23)37-33(34)41)29(31(39)21-11-2-6-14-24(21)35)30(32(40)22-12-3-7-15-25(22)36)38(28)27-17-9-4-10-20(19)27/h2-18,28-30H,1H3,(H,37,41)/t28-,29+,30-,34+/m0/s1. The number of rotatable bonds is 4. The van der Waals surface area contributed by atoms with Gasteiger partial charge in [0.25, 0.3) is 0 Å². The van der Waals surface area contributed by atoms with Gasteiger partial charge in [0.2, 0.25) is 5.91 Å². The van der Waals surface area contributed by atoms with Crippen LogP contribution in [0.3, 0.4) is 0 Å². The summed E-state index contributed by atoms with van der Waals surface area (Å²) in [6.07, 6.45) is 2.02. The van der Waals surface area contributed by atoms with Gasteiger partial charge in [0.1, 0.15) is 11.5 Å². The number of anilines is 2. The van der Waals surface area contributed by atoms with Gasteiger partial charge in [0.05, 0.1) is 22.0 Å². The van der Waals surface area contributed by atoms with Gasteiger partial charge in [-0.15, -0.1) is 0 Å². The highest BCUT2D eigenvalue weighted by Gasteiger charge is 2.70. The molecule has 41 heavy (non-hydrogen) atoms. The van der Waals surface area contributed by atoms with E-state index >= 15 is 0 Å². The van der Waals surface area contributed by atoms with E-state index in [0.717, 1.165) is 16.8 Å². The first-order valence-electron chi connectivity index (χ1n) is 13.4. The number of benzene rings is 4. The van der Waals surface area contributed by atoms with Crippen LogP contribution in [0.1, 0.15) is 38.8 Å². The maximum absolute atomic E-state index is 14.9. The van der Waals surface area contributed by atoms with E-state index in [2.05, 4.69) is 5.32 Å². The Morgan fingerprint density at radius 3 is 2.07 bits per heavy atom. The number of nitrogens with one attached hydrogen (secondary N) is 1. The summed E-state index contributed by atoms with van der Waals surface area (Å²) in [5.74, 6) is -2.14. The number of hydrogen-bond donors (Lipinski definition) is 1. The Morgan fingerprint density at radius 1 is 0.780 bits per heavy atom. The summed E-state index contributed by atoms with van der Waals surface area (Å²) >= 11 is 13.2. The van der Waals surface area contributed by atoms with Gasteiger partial charge in [-0.1, -0.05) is 89.9 Å². The zero-order valence-electron chi connectivity index (χ0n) is 22.0. The maximum Gasteiger partial charge on any atom is 0.238 e. The van der Waals surface area contributed by atoms with Gasteiger partial charge >= 0.3 is 0 Å². The molecule has 7 rings (SSSR count). The second-order valence-corrected chi connectivity index (χ2v) is 11.5. The summed E-state index contributed by atoms with van der Waals surface area (Å²) in [5, 5.41) is 3.59. The molecule has 202 valence electrons. The van der Waals surface area contributed by atoms with Crippen LogP contribution < -0.4 is 10.2 Å². The molecule has 4 aromatic carbocycles. The van der Waals surface area contributed by atoms with Crippen molar-refractivity contribution in [2.45, 2.75) is 24.4 Å². The highest BCUT2D eigenvalue weighted by molar-refractivity contribution is 6.36. The number of halogens is 2. The molecule has 3 heterocycles. The fourth-order valence-electron chi connectivity index (χ4n) is 7.04. The van der Waals surface area contributed by atoms with E-state index < -0.39 is 23.4 Å². The number of nitrogens with zero attached hydrogens (tertiary/aromatic N) is 1. The zero-order chi connectivity index (χ0) is 28.5. The molecule has 0 saturated carbocycles. The van der Waals surface area contributed by atoms with Crippen LogP contribution >= 0.6 is 23.2 Å². The minimum absolute atomic E-state index is 0.264. The Hall–Kier alpha value is -4.19. The van der Waals surface area contributed by atoms with Crippen molar-refractivity contribution in [1.82, 2.24) is 0 Å². The average molecular weight is 579 g/mol. The van der Waals surface area contributed by atoms with Gasteiger partial charge in [0.15, 0.2) is 11.6 Å². The third kappa shape index (κ3) is 3.52. The molecule has 7 heteroatoms. The fraction of sp³-hybridized carbons (Fsp3) is 0.147. The van der Waals surface area contributed by atoms with Crippen LogP contribution in [-0.4, -0.2) is 29.6 Å². The van der Waals surface area contributed by atoms with Crippen LogP contribution in [0.15, 0.2) is 103 Å². The van der Waals surface area contributed by atoms with Crippen molar-refractivity contribution in [1.29, 1.82) is 0 Å².